The van der Waals surface area contributed by atoms with E-state index in [2.05, 4.69) is 0 Å². The van der Waals surface area contributed by atoms with Crippen LogP contribution in [0.1, 0.15) is 55.4 Å². The van der Waals surface area contributed by atoms with E-state index in [9.17, 15) is 37.1 Å². The third-order valence-electron chi connectivity index (χ3n) is 4.95. The average Bonchev–Trinajstić information content (AvgIpc) is 2.76. The monoisotopic (exact) mass is 444 g/mol. The molecule has 164 valence electrons. The number of hydrogen-bond acceptors (Lipinski definition) is 3. The summed E-state index contributed by atoms with van der Waals surface area (Å²) in [6.45, 7) is 0. The van der Waals surface area contributed by atoms with Crippen LogP contribution in [0.25, 0.3) is 0 Å². The summed E-state index contributed by atoms with van der Waals surface area (Å²) in [5.74, 6) is -7.95. The lowest BCUT2D eigenvalue weighted by Gasteiger charge is -2.17. The molecule has 0 unspecified atom stereocenters. The van der Waals surface area contributed by atoms with E-state index in [1.54, 1.807) is 0 Å². The number of carboxylic acid groups (broad SMARTS) is 1. The topological polar surface area (TPSA) is 71.4 Å². The van der Waals surface area contributed by atoms with Gasteiger partial charge in [0.2, 0.25) is 0 Å². The molecule has 0 saturated heterocycles. The fourth-order valence-electron chi connectivity index (χ4n) is 3.26. The number of Topliss-reactive ketones (excluding diaryl/α,β-unsaturated/α-hetero) is 2. The minimum Gasteiger partial charge on any atom is -0.478 e. The Balaban J connectivity index is 1.93. The van der Waals surface area contributed by atoms with Crippen molar-refractivity contribution in [3.8, 4) is 0 Å². The quantitative estimate of drug-likeness (QED) is 0.364. The molecule has 0 heterocycles. The molecule has 0 bridgehead atoms. The molecule has 0 aromatic heterocycles. The van der Waals surface area contributed by atoms with Crippen LogP contribution < -0.4 is 0 Å². The number of rotatable bonds is 8. The van der Waals surface area contributed by atoms with Crippen molar-refractivity contribution >= 4 is 17.5 Å². The van der Waals surface area contributed by atoms with Gasteiger partial charge in [0, 0.05) is 24.0 Å². The van der Waals surface area contributed by atoms with Gasteiger partial charge in [-0.2, -0.15) is 0 Å². The van der Waals surface area contributed by atoms with Crippen LogP contribution in [0.4, 0.5) is 17.6 Å². The molecule has 3 aromatic rings. The molecular weight excluding hydrogens is 428 g/mol. The van der Waals surface area contributed by atoms with Crippen LogP contribution in [-0.2, 0) is 0 Å². The van der Waals surface area contributed by atoms with E-state index in [1.807, 2.05) is 0 Å². The molecule has 4 nitrogen and oxygen atoms in total. The lowest BCUT2D eigenvalue weighted by molar-refractivity contribution is 0.0696. The van der Waals surface area contributed by atoms with Gasteiger partial charge in [-0.05, 0) is 60.0 Å². The van der Waals surface area contributed by atoms with Crippen molar-refractivity contribution in [1.29, 1.82) is 0 Å². The summed E-state index contributed by atoms with van der Waals surface area (Å²) >= 11 is 0. The van der Waals surface area contributed by atoms with E-state index in [1.165, 1.54) is 24.3 Å². The molecule has 3 rings (SSSR count). The number of halogens is 4. The van der Waals surface area contributed by atoms with Gasteiger partial charge in [0.1, 0.15) is 0 Å². The number of hydrogen-bond donors (Lipinski definition) is 1. The first-order valence-electron chi connectivity index (χ1n) is 9.45. The summed E-state index contributed by atoms with van der Waals surface area (Å²) in [5, 5.41) is 9.24. The Hall–Kier alpha value is -3.81. The molecule has 0 atom stereocenters. The van der Waals surface area contributed by atoms with Gasteiger partial charge in [-0.25, -0.2) is 22.4 Å². The van der Waals surface area contributed by atoms with E-state index < -0.39 is 46.7 Å². The van der Waals surface area contributed by atoms with Gasteiger partial charge in [-0.3, -0.25) is 9.59 Å². The summed E-state index contributed by atoms with van der Waals surface area (Å²) < 4.78 is 53.4. The first-order chi connectivity index (χ1) is 15.2. The Bertz CT molecular complexity index is 1140. The van der Waals surface area contributed by atoms with E-state index in [0.29, 0.717) is 5.56 Å². The van der Waals surface area contributed by atoms with Gasteiger partial charge in [-0.1, -0.05) is 12.1 Å². The van der Waals surface area contributed by atoms with Crippen molar-refractivity contribution in [2.24, 2.45) is 0 Å². The van der Waals surface area contributed by atoms with Crippen molar-refractivity contribution in [2.75, 3.05) is 0 Å². The maximum absolute atomic E-state index is 13.5. The first kappa shape index (κ1) is 22.9. The van der Waals surface area contributed by atoms with Gasteiger partial charge in [0.05, 0.1) is 5.56 Å². The minimum atomic E-state index is -1.22. The normalized spacial score (nSPS) is 10.9. The Kier molecular flexibility index (Phi) is 6.82. The van der Waals surface area contributed by atoms with Crippen LogP contribution in [0.15, 0.2) is 60.7 Å². The lowest BCUT2D eigenvalue weighted by Crippen LogP contribution is -2.14. The van der Waals surface area contributed by atoms with Gasteiger partial charge in [0.25, 0.3) is 0 Å². The highest BCUT2D eigenvalue weighted by Crippen LogP contribution is 2.29. The highest BCUT2D eigenvalue weighted by Gasteiger charge is 2.23. The molecule has 3 aromatic carbocycles. The standard InChI is InChI=1S/C24H16F4O4/c25-18-6-4-14(9-20(18)27)22(29)11-17(13-2-1-3-16(8-13)24(31)32)12-23(30)15-5-7-19(26)21(28)10-15/h1-10,17H,11-12H2,(H,31,32). The smallest absolute Gasteiger partial charge is 0.335 e. The van der Waals surface area contributed by atoms with Crippen LogP contribution in [0.2, 0.25) is 0 Å². The van der Waals surface area contributed by atoms with Crippen LogP contribution in [0.5, 0.6) is 0 Å². The lowest BCUT2D eigenvalue weighted by atomic mass is 9.85. The third-order valence-corrected chi connectivity index (χ3v) is 4.95. The van der Waals surface area contributed by atoms with E-state index in [4.69, 9.17) is 0 Å². The van der Waals surface area contributed by atoms with Crippen molar-refractivity contribution in [2.45, 2.75) is 18.8 Å². The molecule has 0 aliphatic rings. The summed E-state index contributed by atoms with van der Waals surface area (Å²) in [6.07, 6.45) is -0.660. The first-order valence-corrected chi connectivity index (χ1v) is 9.45. The second-order valence-corrected chi connectivity index (χ2v) is 7.14. The zero-order chi connectivity index (χ0) is 23.4. The van der Waals surface area contributed by atoms with Gasteiger partial charge in [0.15, 0.2) is 34.8 Å². The summed E-state index contributed by atoms with van der Waals surface area (Å²) in [5.41, 5.74) is 0.0250. The van der Waals surface area contributed by atoms with Crippen LogP contribution in [0, 0.1) is 23.3 Å². The van der Waals surface area contributed by atoms with Crippen molar-refractivity contribution < 1.29 is 37.1 Å². The van der Waals surface area contributed by atoms with Gasteiger partial charge < -0.3 is 5.11 Å². The molecular formula is C24H16F4O4. The summed E-state index contributed by atoms with van der Waals surface area (Å²) in [4.78, 5) is 36.7. The predicted molar refractivity (Wildman–Crippen MR) is 107 cm³/mol. The molecule has 1 N–H and O–H groups in total. The zero-order valence-corrected chi connectivity index (χ0v) is 16.4. The molecule has 0 amide bonds. The highest BCUT2D eigenvalue weighted by molar-refractivity contribution is 5.99. The molecule has 0 aliphatic carbocycles. The van der Waals surface area contributed by atoms with Gasteiger partial charge in [-0.15, -0.1) is 0 Å². The second kappa shape index (κ2) is 9.55. The fourth-order valence-corrected chi connectivity index (χ4v) is 3.26. The third kappa shape index (κ3) is 5.26. The molecule has 0 fully saturated rings. The molecule has 0 radical (unpaired) electrons. The number of benzene rings is 3. The van der Waals surface area contributed by atoms with Crippen molar-refractivity contribution in [1.82, 2.24) is 0 Å². The van der Waals surface area contributed by atoms with E-state index >= 15 is 0 Å². The number of carbonyl (C=O) groups excluding carboxylic acids is 2. The van der Waals surface area contributed by atoms with Crippen molar-refractivity contribution in [3.63, 3.8) is 0 Å². The molecule has 0 spiro atoms. The Morgan fingerprint density at radius 2 is 1.16 bits per heavy atom. The largest absolute Gasteiger partial charge is 0.478 e. The van der Waals surface area contributed by atoms with Crippen LogP contribution >= 0.6 is 0 Å². The SMILES string of the molecule is O=C(O)c1cccc(C(CC(=O)c2ccc(F)c(F)c2)CC(=O)c2ccc(F)c(F)c2)c1. The second-order valence-electron chi connectivity index (χ2n) is 7.14. The average molecular weight is 444 g/mol. The summed E-state index contributed by atoms with van der Waals surface area (Å²) in [6, 6.07) is 10.9. The molecule has 0 aliphatic heterocycles. The minimum absolute atomic E-state index is 0.0759. The highest BCUT2D eigenvalue weighted by atomic mass is 19.2. The van der Waals surface area contributed by atoms with Crippen LogP contribution in [0.3, 0.4) is 0 Å². The Labute approximate surface area is 180 Å². The molecule has 0 saturated carbocycles. The summed E-state index contributed by atoms with van der Waals surface area (Å²) in [7, 11) is 0. The van der Waals surface area contributed by atoms with E-state index in [-0.39, 0.29) is 29.5 Å². The zero-order valence-electron chi connectivity index (χ0n) is 16.4. The maximum atomic E-state index is 13.5. The number of carbonyl (C=O) groups is 3. The Morgan fingerprint density at radius 3 is 1.59 bits per heavy atom. The number of aromatic carboxylic acids is 1. The Morgan fingerprint density at radius 1 is 0.656 bits per heavy atom. The molecule has 8 heteroatoms. The molecule has 32 heavy (non-hydrogen) atoms. The number of ketones is 2. The fraction of sp³-hybridized carbons (Fsp3) is 0.125. The van der Waals surface area contributed by atoms with Crippen LogP contribution in [-0.4, -0.2) is 22.6 Å². The van der Waals surface area contributed by atoms with Crippen molar-refractivity contribution in [3.05, 3.63) is 106 Å². The van der Waals surface area contributed by atoms with Gasteiger partial charge >= 0.3 is 5.97 Å². The maximum Gasteiger partial charge on any atom is 0.335 e. The van der Waals surface area contributed by atoms with E-state index in [0.717, 1.165) is 36.4 Å². The number of carboxylic acids is 1. The predicted octanol–water partition coefficient (Wildman–Crippen LogP) is 5.57.